The van der Waals surface area contributed by atoms with Gasteiger partial charge in [-0.1, -0.05) is 18.2 Å². The van der Waals surface area contributed by atoms with Gasteiger partial charge in [-0.15, -0.1) is 0 Å². The third kappa shape index (κ3) is 2.55. The Hall–Kier alpha value is -2.08. The Morgan fingerprint density at radius 3 is 2.96 bits per heavy atom. The molecule has 3 atom stereocenters. The van der Waals surface area contributed by atoms with Crippen LogP contribution in [0.4, 0.5) is 0 Å². The first-order valence-corrected chi connectivity index (χ1v) is 8.45. The van der Waals surface area contributed by atoms with Crippen molar-refractivity contribution in [2.24, 2.45) is 5.92 Å². The minimum atomic E-state index is -0.893. The predicted octanol–water partition coefficient (Wildman–Crippen LogP) is 1.43. The van der Waals surface area contributed by atoms with Crippen LogP contribution in [-0.4, -0.2) is 54.3 Å². The number of carboxylic acid groups (broad SMARTS) is 1. The Kier molecular flexibility index (Phi) is 3.72. The fourth-order valence-electron chi connectivity index (χ4n) is 4.14. The quantitative estimate of drug-likeness (QED) is 0.907. The summed E-state index contributed by atoms with van der Waals surface area (Å²) in [6.45, 7) is 1.96. The highest BCUT2D eigenvalue weighted by molar-refractivity contribution is 5.85. The van der Waals surface area contributed by atoms with Crippen LogP contribution in [-0.2, 0) is 19.7 Å². The van der Waals surface area contributed by atoms with Crippen molar-refractivity contribution >= 4 is 11.9 Å². The second-order valence-electron chi connectivity index (χ2n) is 6.88. The van der Waals surface area contributed by atoms with Crippen LogP contribution in [0, 0.1) is 5.92 Å². The van der Waals surface area contributed by atoms with Crippen LogP contribution < -0.4 is 4.74 Å². The largest absolute Gasteiger partial charge is 0.493 e. The van der Waals surface area contributed by atoms with Crippen LogP contribution in [0.1, 0.15) is 24.8 Å². The van der Waals surface area contributed by atoms with Gasteiger partial charge in [0.1, 0.15) is 5.75 Å². The van der Waals surface area contributed by atoms with Gasteiger partial charge in [0.25, 0.3) is 0 Å². The molecule has 1 amide bonds. The minimum absolute atomic E-state index is 0.0221. The lowest BCUT2D eigenvalue weighted by molar-refractivity contribution is -0.148. The average Bonchev–Trinajstić information content (AvgIpc) is 3.29. The molecule has 1 spiro atoms. The van der Waals surface area contributed by atoms with Crippen molar-refractivity contribution in [3.63, 3.8) is 0 Å². The van der Waals surface area contributed by atoms with Crippen LogP contribution in [0.3, 0.4) is 0 Å². The van der Waals surface area contributed by atoms with Gasteiger partial charge in [-0.25, -0.2) is 0 Å². The number of benzene rings is 1. The van der Waals surface area contributed by atoms with Crippen molar-refractivity contribution in [1.29, 1.82) is 0 Å². The van der Waals surface area contributed by atoms with Crippen molar-refractivity contribution in [2.75, 3.05) is 26.3 Å². The highest BCUT2D eigenvalue weighted by Crippen LogP contribution is 2.61. The molecule has 2 aliphatic heterocycles. The minimum Gasteiger partial charge on any atom is -0.493 e. The molecule has 128 valence electrons. The number of carboxylic acids is 1. The van der Waals surface area contributed by atoms with Crippen molar-refractivity contribution in [3.8, 4) is 5.75 Å². The Morgan fingerprint density at radius 2 is 2.12 bits per heavy atom. The number of para-hydroxylation sites is 1. The first-order valence-electron chi connectivity index (χ1n) is 8.45. The van der Waals surface area contributed by atoms with Crippen LogP contribution in [0.2, 0.25) is 0 Å². The van der Waals surface area contributed by atoms with Gasteiger partial charge in [-0.2, -0.15) is 0 Å². The van der Waals surface area contributed by atoms with E-state index in [1.54, 1.807) is 4.90 Å². The Morgan fingerprint density at radius 1 is 1.29 bits per heavy atom. The van der Waals surface area contributed by atoms with E-state index in [0.29, 0.717) is 26.3 Å². The average molecular weight is 331 g/mol. The molecular formula is C18H21NO5. The number of carbonyl (C=O) groups is 2. The molecule has 6 nitrogen and oxygen atoms in total. The van der Waals surface area contributed by atoms with Gasteiger partial charge in [-0.3, -0.25) is 9.59 Å². The molecule has 24 heavy (non-hydrogen) atoms. The third-order valence-electron chi connectivity index (χ3n) is 5.46. The molecule has 6 heteroatoms. The van der Waals surface area contributed by atoms with Gasteiger partial charge in [0.2, 0.25) is 5.91 Å². The number of ether oxygens (including phenoxy) is 2. The van der Waals surface area contributed by atoms with E-state index >= 15 is 0 Å². The molecule has 1 saturated heterocycles. The summed E-state index contributed by atoms with van der Waals surface area (Å²) in [6, 6.07) is 7.98. The van der Waals surface area contributed by atoms with Crippen molar-refractivity contribution < 1.29 is 24.2 Å². The lowest BCUT2D eigenvalue weighted by Gasteiger charge is -2.34. The van der Waals surface area contributed by atoms with Crippen LogP contribution >= 0.6 is 0 Å². The van der Waals surface area contributed by atoms with E-state index in [1.165, 1.54) is 0 Å². The zero-order chi connectivity index (χ0) is 16.7. The number of carbonyl (C=O) groups excluding carboxylic acids is 1. The van der Waals surface area contributed by atoms with E-state index < -0.39 is 12.1 Å². The monoisotopic (exact) mass is 331 g/mol. The first kappa shape index (κ1) is 15.4. The lowest BCUT2D eigenvalue weighted by Crippen LogP contribution is -2.47. The Bertz CT molecular complexity index is 675. The number of aliphatic carboxylic acids is 1. The molecular weight excluding hydrogens is 310 g/mol. The molecule has 2 fully saturated rings. The molecule has 1 aliphatic carbocycles. The number of fused-ring (bicyclic) bond motifs is 2. The van der Waals surface area contributed by atoms with Gasteiger partial charge < -0.3 is 19.5 Å². The van der Waals surface area contributed by atoms with E-state index in [2.05, 4.69) is 6.07 Å². The number of morpholine rings is 1. The van der Waals surface area contributed by atoms with E-state index in [0.717, 1.165) is 24.2 Å². The maximum atomic E-state index is 13.0. The summed E-state index contributed by atoms with van der Waals surface area (Å²) in [4.78, 5) is 25.6. The summed E-state index contributed by atoms with van der Waals surface area (Å²) in [5.41, 5.74) is 1.05. The molecule has 1 aromatic rings. The van der Waals surface area contributed by atoms with Crippen LogP contribution in [0.5, 0.6) is 5.75 Å². The lowest BCUT2D eigenvalue weighted by atomic mass is 9.87. The van der Waals surface area contributed by atoms with Gasteiger partial charge >= 0.3 is 5.97 Å². The van der Waals surface area contributed by atoms with E-state index in [1.807, 2.05) is 18.2 Å². The molecule has 1 N–H and O–H groups in total. The molecule has 3 aliphatic rings. The van der Waals surface area contributed by atoms with Gasteiger partial charge in [0.15, 0.2) is 0 Å². The Balaban J connectivity index is 1.48. The smallest absolute Gasteiger partial charge is 0.306 e. The van der Waals surface area contributed by atoms with Crippen LogP contribution in [0.25, 0.3) is 0 Å². The number of nitrogens with zero attached hydrogens (tertiary/aromatic N) is 1. The molecule has 4 rings (SSSR count). The molecule has 1 saturated carbocycles. The summed E-state index contributed by atoms with van der Waals surface area (Å²) >= 11 is 0. The van der Waals surface area contributed by atoms with Gasteiger partial charge in [0.05, 0.1) is 25.7 Å². The fourth-order valence-corrected chi connectivity index (χ4v) is 4.14. The van der Waals surface area contributed by atoms with E-state index in [4.69, 9.17) is 14.6 Å². The summed E-state index contributed by atoms with van der Waals surface area (Å²) in [7, 11) is 0. The number of rotatable bonds is 3. The molecule has 0 aromatic heterocycles. The summed E-state index contributed by atoms with van der Waals surface area (Å²) in [5.74, 6) is 0.108. The topological polar surface area (TPSA) is 76.1 Å². The molecule has 0 bridgehead atoms. The van der Waals surface area contributed by atoms with Gasteiger partial charge in [0, 0.05) is 30.0 Å². The second kappa shape index (κ2) is 5.77. The summed E-state index contributed by atoms with van der Waals surface area (Å²) in [5, 5.41) is 8.92. The maximum Gasteiger partial charge on any atom is 0.306 e. The highest BCUT2D eigenvalue weighted by Gasteiger charge is 2.61. The van der Waals surface area contributed by atoms with Crippen molar-refractivity contribution in [3.05, 3.63) is 29.8 Å². The van der Waals surface area contributed by atoms with E-state index in [-0.39, 0.29) is 23.7 Å². The SMILES string of the molecule is O=C(O)CC1CN(C(=O)[C@@H]2C[C@]23CCOc2ccccc23)CCO1. The second-order valence-corrected chi connectivity index (χ2v) is 6.88. The normalized spacial score (nSPS) is 31.2. The Labute approximate surface area is 140 Å². The number of hydrogen-bond acceptors (Lipinski definition) is 4. The number of amides is 1. The number of hydrogen-bond donors (Lipinski definition) is 1. The molecule has 1 aromatic carbocycles. The fraction of sp³-hybridized carbons (Fsp3) is 0.556. The zero-order valence-electron chi connectivity index (χ0n) is 13.4. The van der Waals surface area contributed by atoms with Crippen molar-refractivity contribution in [2.45, 2.75) is 30.8 Å². The molecule has 0 radical (unpaired) electrons. The van der Waals surface area contributed by atoms with Crippen LogP contribution in [0.15, 0.2) is 24.3 Å². The zero-order valence-corrected chi connectivity index (χ0v) is 13.4. The summed E-state index contributed by atoms with van der Waals surface area (Å²) < 4.78 is 11.2. The summed E-state index contributed by atoms with van der Waals surface area (Å²) in [6.07, 6.45) is 1.25. The highest BCUT2D eigenvalue weighted by atomic mass is 16.5. The van der Waals surface area contributed by atoms with Crippen molar-refractivity contribution in [1.82, 2.24) is 4.90 Å². The standard InChI is InChI=1S/C18H21NO5/c20-16(21)9-12-11-19(6-8-23-12)17(22)14-10-18(14)5-7-24-15-4-2-1-3-13(15)18/h1-4,12,14H,5-11H2,(H,20,21)/t12?,14-,18-/m0/s1. The molecule has 1 unspecified atom stereocenters. The first-order chi connectivity index (χ1) is 11.6. The van der Waals surface area contributed by atoms with E-state index in [9.17, 15) is 9.59 Å². The predicted molar refractivity (Wildman–Crippen MR) is 84.9 cm³/mol. The molecule has 2 heterocycles. The van der Waals surface area contributed by atoms with Gasteiger partial charge in [-0.05, 0) is 18.9 Å². The maximum absolute atomic E-state index is 13.0. The third-order valence-corrected chi connectivity index (χ3v) is 5.46.